The van der Waals surface area contributed by atoms with Crippen molar-refractivity contribution in [1.82, 2.24) is 5.32 Å². The predicted octanol–water partition coefficient (Wildman–Crippen LogP) is 3.15. The molecule has 1 aliphatic carbocycles. The molecule has 0 bridgehead atoms. The maximum absolute atomic E-state index is 12.2. The van der Waals surface area contributed by atoms with Crippen LogP contribution >= 0.6 is 23.5 Å². The van der Waals surface area contributed by atoms with Crippen molar-refractivity contribution in [3.05, 3.63) is 35.4 Å². The number of carbonyl (C=O) groups excluding carboxylic acids is 1. The quantitative estimate of drug-likeness (QED) is 0.835. The SMILES string of the molecule is O=C(NC(CC1CC1)C(=O)O)c1ccc(C2SCCS2)cc1. The third-order valence-electron chi connectivity index (χ3n) is 3.94. The number of nitrogens with one attached hydrogen (secondary N) is 1. The van der Waals surface area contributed by atoms with E-state index in [0.29, 0.717) is 22.5 Å². The molecule has 6 heteroatoms. The van der Waals surface area contributed by atoms with Gasteiger partial charge in [-0.05, 0) is 30.0 Å². The highest BCUT2D eigenvalue weighted by Crippen LogP contribution is 2.45. The monoisotopic (exact) mass is 337 g/mol. The Hall–Kier alpha value is -1.14. The van der Waals surface area contributed by atoms with Gasteiger partial charge in [-0.1, -0.05) is 25.0 Å². The van der Waals surface area contributed by atoms with Gasteiger partial charge in [-0.15, -0.1) is 23.5 Å². The smallest absolute Gasteiger partial charge is 0.326 e. The Morgan fingerprint density at radius 1 is 1.18 bits per heavy atom. The van der Waals surface area contributed by atoms with Crippen LogP contribution in [0.1, 0.15) is 39.8 Å². The molecule has 1 aromatic carbocycles. The van der Waals surface area contributed by atoms with Gasteiger partial charge >= 0.3 is 5.97 Å². The molecule has 1 saturated carbocycles. The van der Waals surface area contributed by atoms with Gasteiger partial charge in [0.15, 0.2) is 0 Å². The Balaban J connectivity index is 1.61. The number of hydrogen-bond donors (Lipinski definition) is 2. The largest absolute Gasteiger partial charge is 0.480 e. The van der Waals surface area contributed by atoms with Gasteiger partial charge in [0.2, 0.25) is 0 Å². The van der Waals surface area contributed by atoms with Gasteiger partial charge in [0, 0.05) is 17.1 Å². The Labute approximate surface area is 138 Å². The van der Waals surface area contributed by atoms with Crippen molar-refractivity contribution in [1.29, 1.82) is 0 Å². The summed E-state index contributed by atoms with van der Waals surface area (Å²) in [6.45, 7) is 0. The van der Waals surface area contributed by atoms with Crippen LogP contribution in [0.2, 0.25) is 0 Å². The van der Waals surface area contributed by atoms with E-state index in [1.807, 2.05) is 35.7 Å². The van der Waals surface area contributed by atoms with Crippen LogP contribution < -0.4 is 5.32 Å². The average molecular weight is 337 g/mol. The van der Waals surface area contributed by atoms with Crippen molar-refractivity contribution in [2.45, 2.75) is 29.9 Å². The van der Waals surface area contributed by atoms with Crippen molar-refractivity contribution in [2.75, 3.05) is 11.5 Å². The van der Waals surface area contributed by atoms with E-state index < -0.39 is 12.0 Å². The maximum atomic E-state index is 12.2. The van der Waals surface area contributed by atoms with Crippen LogP contribution in [-0.4, -0.2) is 34.5 Å². The second-order valence-corrected chi connectivity index (χ2v) is 8.46. The minimum atomic E-state index is -0.948. The second-order valence-electron chi connectivity index (χ2n) is 5.74. The molecule has 1 saturated heterocycles. The number of carboxylic acids is 1. The molecule has 1 atom stereocenters. The van der Waals surface area contributed by atoms with Gasteiger partial charge in [0.25, 0.3) is 5.91 Å². The number of amides is 1. The Kier molecular flexibility index (Phi) is 4.98. The Morgan fingerprint density at radius 2 is 1.82 bits per heavy atom. The Bertz CT molecular complexity index is 551. The molecule has 1 amide bonds. The van der Waals surface area contributed by atoms with E-state index in [0.717, 1.165) is 12.8 Å². The van der Waals surface area contributed by atoms with E-state index in [1.54, 1.807) is 12.1 Å². The molecule has 22 heavy (non-hydrogen) atoms. The summed E-state index contributed by atoms with van der Waals surface area (Å²) in [4.78, 5) is 23.4. The third kappa shape index (κ3) is 3.98. The molecular weight excluding hydrogens is 318 g/mol. The first-order chi connectivity index (χ1) is 10.6. The van der Waals surface area contributed by atoms with E-state index in [4.69, 9.17) is 0 Å². The summed E-state index contributed by atoms with van der Waals surface area (Å²) in [5.41, 5.74) is 1.75. The molecule has 2 aliphatic rings. The number of rotatable bonds is 6. The standard InChI is InChI=1S/C16H19NO3S2/c18-14(17-13(15(19)20)9-10-1-2-10)11-3-5-12(6-4-11)16-21-7-8-22-16/h3-6,10,13,16H,1-2,7-9H2,(H,17,18)(H,19,20). The minimum Gasteiger partial charge on any atom is -0.480 e. The van der Waals surface area contributed by atoms with Gasteiger partial charge in [-0.3, -0.25) is 4.79 Å². The van der Waals surface area contributed by atoms with Crippen molar-refractivity contribution in [2.24, 2.45) is 5.92 Å². The van der Waals surface area contributed by atoms with Crippen LogP contribution in [0.3, 0.4) is 0 Å². The molecule has 3 rings (SSSR count). The summed E-state index contributed by atoms with van der Waals surface area (Å²) in [7, 11) is 0. The molecule has 4 nitrogen and oxygen atoms in total. The van der Waals surface area contributed by atoms with Gasteiger partial charge in [-0.25, -0.2) is 4.79 Å². The number of benzene rings is 1. The fourth-order valence-electron chi connectivity index (χ4n) is 2.49. The van der Waals surface area contributed by atoms with Crippen LogP contribution in [0.4, 0.5) is 0 Å². The van der Waals surface area contributed by atoms with Crippen molar-refractivity contribution < 1.29 is 14.7 Å². The van der Waals surface area contributed by atoms with Crippen LogP contribution in [0.25, 0.3) is 0 Å². The maximum Gasteiger partial charge on any atom is 0.326 e. The van der Waals surface area contributed by atoms with E-state index >= 15 is 0 Å². The van der Waals surface area contributed by atoms with E-state index in [9.17, 15) is 14.7 Å². The second kappa shape index (κ2) is 6.96. The molecule has 2 fully saturated rings. The van der Waals surface area contributed by atoms with E-state index in [1.165, 1.54) is 17.1 Å². The van der Waals surface area contributed by atoms with Crippen LogP contribution in [0.15, 0.2) is 24.3 Å². The van der Waals surface area contributed by atoms with Crippen molar-refractivity contribution >= 4 is 35.4 Å². The lowest BCUT2D eigenvalue weighted by Gasteiger charge is -2.14. The number of carboxylic acid groups (broad SMARTS) is 1. The third-order valence-corrected chi connectivity index (χ3v) is 7.04. The normalized spacial score (nSPS) is 19.8. The summed E-state index contributed by atoms with van der Waals surface area (Å²) < 4.78 is 0.457. The first-order valence-electron chi connectivity index (χ1n) is 7.50. The topological polar surface area (TPSA) is 66.4 Å². The van der Waals surface area contributed by atoms with Crippen molar-refractivity contribution in [3.8, 4) is 0 Å². The fourth-order valence-corrected chi connectivity index (χ4v) is 5.35. The molecule has 2 N–H and O–H groups in total. The average Bonchev–Trinajstić information content (AvgIpc) is 3.16. The molecule has 1 heterocycles. The van der Waals surface area contributed by atoms with Gasteiger partial charge in [0.05, 0.1) is 4.58 Å². The summed E-state index contributed by atoms with van der Waals surface area (Å²) in [6, 6.07) is 6.75. The molecule has 0 aromatic heterocycles. The zero-order valence-corrected chi connectivity index (χ0v) is 13.8. The molecule has 118 valence electrons. The highest BCUT2D eigenvalue weighted by Gasteiger charge is 2.30. The van der Waals surface area contributed by atoms with Crippen molar-refractivity contribution in [3.63, 3.8) is 0 Å². The number of thioether (sulfide) groups is 2. The van der Waals surface area contributed by atoms with Crippen LogP contribution in [0, 0.1) is 5.92 Å². The predicted molar refractivity (Wildman–Crippen MR) is 90.3 cm³/mol. The van der Waals surface area contributed by atoms with Crippen LogP contribution in [-0.2, 0) is 4.79 Å². The zero-order chi connectivity index (χ0) is 15.5. The lowest BCUT2D eigenvalue weighted by Crippen LogP contribution is -2.41. The molecule has 1 aromatic rings. The fraction of sp³-hybridized carbons (Fsp3) is 0.500. The Morgan fingerprint density at radius 3 is 2.36 bits per heavy atom. The van der Waals surface area contributed by atoms with Crippen LogP contribution in [0.5, 0.6) is 0 Å². The van der Waals surface area contributed by atoms with E-state index in [-0.39, 0.29) is 5.91 Å². The summed E-state index contributed by atoms with van der Waals surface area (Å²) in [5.74, 6) is 1.54. The number of hydrogen-bond acceptors (Lipinski definition) is 4. The lowest BCUT2D eigenvalue weighted by atomic mass is 10.1. The molecule has 0 radical (unpaired) electrons. The zero-order valence-electron chi connectivity index (χ0n) is 12.2. The first kappa shape index (κ1) is 15.7. The van der Waals surface area contributed by atoms with E-state index in [2.05, 4.69) is 5.32 Å². The summed E-state index contributed by atoms with van der Waals surface area (Å²) >= 11 is 3.85. The summed E-state index contributed by atoms with van der Waals surface area (Å²) in [5, 5.41) is 11.9. The van der Waals surface area contributed by atoms with Gasteiger partial charge < -0.3 is 10.4 Å². The molecule has 0 spiro atoms. The van der Waals surface area contributed by atoms with Gasteiger partial charge in [0.1, 0.15) is 6.04 Å². The molecule has 1 unspecified atom stereocenters. The minimum absolute atomic E-state index is 0.300. The lowest BCUT2D eigenvalue weighted by molar-refractivity contribution is -0.139. The first-order valence-corrected chi connectivity index (χ1v) is 9.60. The highest BCUT2D eigenvalue weighted by molar-refractivity contribution is 8.19. The number of carbonyl (C=O) groups is 2. The van der Waals surface area contributed by atoms with Gasteiger partial charge in [-0.2, -0.15) is 0 Å². The summed E-state index contributed by atoms with van der Waals surface area (Å²) in [6.07, 6.45) is 2.69. The molecular formula is C16H19NO3S2. The number of aliphatic carboxylic acids is 1. The highest BCUT2D eigenvalue weighted by atomic mass is 32.2. The molecule has 1 aliphatic heterocycles.